The summed E-state index contributed by atoms with van der Waals surface area (Å²) in [5, 5.41) is 3.37. The van der Waals surface area contributed by atoms with Gasteiger partial charge in [-0.15, -0.1) is 0 Å². The maximum Gasteiger partial charge on any atom is 0.161 e. The molecule has 0 aliphatic carbocycles. The van der Waals surface area contributed by atoms with E-state index in [1.807, 2.05) is 37.3 Å². The number of nitrogens with one attached hydrogen (secondary N) is 1. The van der Waals surface area contributed by atoms with Crippen LogP contribution in [-0.4, -0.2) is 20.3 Å². The zero-order valence-electron chi connectivity index (χ0n) is 12.3. The second-order valence-electron chi connectivity index (χ2n) is 4.74. The van der Waals surface area contributed by atoms with Crippen LogP contribution in [0, 0.1) is 13.8 Å². The van der Waals surface area contributed by atoms with Crippen LogP contribution in [0.3, 0.4) is 0 Å². The molecule has 0 amide bonds. The molecule has 2 aromatic rings. The zero-order chi connectivity index (χ0) is 14.4. The number of methoxy groups -OCH3 is 1. The van der Waals surface area contributed by atoms with Crippen LogP contribution in [0.2, 0.25) is 0 Å². The summed E-state index contributed by atoms with van der Waals surface area (Å²) in [4.78, 5) is 0. The Hall–Kier alpha value is -2.16. The second kappa shape index (κ2) is 6.85. The minimum Gasteiger partial charge on any atom is -0.493 e. The molecule has 0 radical (unpaired) electrons. The molecule has 0 aliphatic rings. The molecule has 0 bridgehead atoms. The van der Waals surface area contributed by atoms with Crippen LogP contribution < -0.4 is 14.8 Å². The van der Waals surface area contributed by atoms with E-state index >= 15 is 0 Å². The van der Waals surface area contributed by atoms with Crippen LogP contribution in [0.1, 0.15) is 11.1 Å². The van der Waals surface area contributed by atoms with Gasteiger partial charge in [-0.1, -0.05) is 24.3 Å². The highest BCUT2D eigenvalue weighted by Gasteiger charge is 2.04. The first-order valence-corrected chi connectivity index (χ1v) is 6.77. The minimum absolute atomic E-state index is 0.591. The van der Waals surface area contributed by atoms with Crippen molar-refractivity contribution < 1.29 is 9.47 Å². The fraction of sp³-hybridized carbons (Fsp3) is 0.294. The van der Waals surface area contributed by atoms with Gasteiger partial charge in [-0.2, -0.15) is 0 Å². The average molecular weight is 271 g/mol. The Morgan fingerprint density at radius 2 is 1.80 bits per heavy atom. The molecule has 2 rings (SSSR count). The maximum absolute atomic E-state index is 5.76. The molecule has 0 atom stereocenters. The van der Waals surface area contributed by atoms with Crippen LogP contribution in [0.5, 0.6) is 11.5 Å². The van der Waals surface area contributed by atoms with Crippen molar-refractivity contribution in [3.63, 3.8) is 0 Å². The van der Waals surface area contributed by atoms with E-state index in [1.54, 1.807) is 7.11 Å². The van der Waals surface area contributed by atoms with Crippen molar-refractivity contribution in [2.45, 2.75) is 13.8 Å². The van der Waals surface area contributed by atoms with Gasteiger partial charge in [0.15, 0.2) is 11.5 Å². The fourth-order valence-electron chi connectivity index (χ4n) is 2.01. The van der Waals surface area contributed by atoms with E-state index < -0.39 is 0 Å². The topological polar surface area (TPSA) is 30.5 Å². The summed E-state index contributed by atoms with van der Waals surface area (Å²) < 4.78 is 11.1. The van der Waals surface area contributed by atoms with Crippen LogP contribution in [0.4, 0.5) is 5.69 Å². The lowest BCUT2D eigenvalue weighted by Gasteiger charge is -2.13. The SMILES string of the molecule is COc1cc(C)ccc1OCCNc1ccccc1C. The van der Waals surface area contributed by atoms with Crippen molar-refractivity contribution in [3.05, 3.63) is 53.6 Å². The van der Waals surface area contributed by atoms with E-state index in [-0.39, 0.29) is 0 Å². The molecule has 0 heterocycles. The van der Waals surface area contributed by atoms with Crippen molar-refractivity contribution >= 4 is 5.69 Å². The van der Waals surface area contributed by atoms with Crippen molar-refractivity contribution in [2.24, 2.45) is 0 Å². The third-order valence-electron chi connectivity index (χ3n) is 3.14. The Balaban J connectivity index is 1.86. The second-order valence-corrected chi connectivity index (χ2v) is 4.74. The van der Waals surface area contributed by atoms with Gasteiger partial charge in [0.05, 0.1) is 7.11 Å². The minimum atomic E-state index is 0.591. The van der Waals surface area contributed by atoms with Crippen LogP contribution in [0.25, 0.3) is 0 Å². The number of ether oxygens (including phenoxy) is 2. The van der Waals surface area contributed by atoms with Gasteiger partial charge in [-0.3, -0.25) is 0 Å². The Morgan fingerprint density at radius 3 is 2.55 bits per heavy atom. The molecule has 0 unspecified atom stereocenters. The number of aryl methyl sites for hydroxylation is 2. The van der Waals surface area contributed by atoms with E-state index in [0.29, 0.717) is 6.61 Å². The Labute approximate surface area is 120 Å². The number of hydrogen-bond acceptors (Lipinski definition) is 3. The summed E-state index contributed by atoms with van der Waals surface area (Å²) in [5.41, 5.74) is 3.54. The van der Waals surface area contributed by atoms with Crippen molar-refractivity contribution in [1.29, 1.82) is 0 Å². The van der Waals surface area contributed by atoms with Gasteiger partial charge in [0, 0.05) is 12.2 Å². The lowest BCUT2D eigenvalue weighted by molar-refractivity contribution is 0.305. The number of anilines is 1. The zero-order valence-corrected chi connectivity index (χ0v) is 12.3. The van der Waals surface area contributed by atoms with Crippen molar-refractivity contribution in [2.75, 3.05) is 25.6 Å². The molecule has 3 heteroatoms. The van der Waals surface area contributed by atoms with Crippen LogP contribution in [-0.2, 0) is 0 Å². The molecular weight excluding hydrogens is 250 g/mol. The molecule has 1 N–H and O–H groups in total. The highest BCUT2D eigenvalue weighted by atomic mass is 16.5. The highest BCUT2D eigenvalue weighted by Crippen LogP contribution is 2.27. The van der Waals surface area contributed by atoms with Gasteiger partial charge in [0.25, 0.3) is 0 Å². The number of benzene rings is 2. The molecule has 3 nitrogen and oxygen atoms in total. The molecule has 20 heavy (non-hydrogen) atoms. The molecule has 2 aromatic carbocycles. The smallest absolute Gasteiger partial charge is 0.161 e. The van der Waals surface area contributed by atoms with Gasteiger partial charge in [-0.05, 0) is 43.2 Å². The number of hydrogen-bond donors (Lipinski definition) is 1. The lowest BCUT2D eigenvalue weighted by atomic mass is 10.2. The van der Waals surface area contributed by atoms with Gasteiger partial charge < -0.3 is 14.8 Å². The first kappa shape index (κ1) is 14.3. The van der Waals surface area contributed by atoms with Crippen LogP contribution in [0.15, 0.2) is 42.5 Å². The van der Waals surface area contributed by atoms with Gasteiger partial charge >= 0.3 is 0 Å². The monoisotopic (exact) mass is 271 g/mol. The number of para-hydroxylation sites is 1. The Morgan fingerprint density at radius 1 is 1.00 bits per heavy atom. The Kier molecular flexibility index (Phi) is 4.88. The molecule has 0 saturated heterocycles. The van der Waals surface area contributed by atoms with E-state index in [0.717, 1.165) is 29.3 Å². The first-order chi connectivity index (χ1) is 9.70. The fourth-order valence-corrected chi connectivity index (χ4v) is 2.01. The molecule has 0 aromatic heterocycles. The molecule has 0 saturated carbocycles. The summed E-state index contributed by atoms with van der Waals surface area (Å²) in [7, 11) is 1.66. The van der Waals surface area contributed by atoms with Crippen molar-refractivity contribution in [3.8, 4) is 11.5 Å². The lowest BCUT2D eigenvalue weighted by Crippen LogP contribution is -2.12. The largest absolute Gasteiger partial charge is 0.493 e. The summed E-state index contributed by atoms with van der Waals surface area (Å²) in [5.74, 6) is 1.56. The average Bonchev–Trinajstić information content (AvgIpc) is 2.46. The summed E-state index contributed by atoms with van der Waals surface area (Å²) in [6.45, 7) is 5.47. The van der Waals surface area contributed by atoms with Gasteiger partial charge in [0.1, 0.15) is 6.61 Å². The summed E-state index contributed by atoms with van der Waals surface area (Å²) in [6.07, 6.45) is 0. The summed E-state index contributed by atoms with van der Waals surface area (Å²) >= 11 is 0. The predicted molar refractivity (Wildman–Crippen MR) is 82.9 cm³/mol. The normalized spacial score (nSPS) is 10.2. The third kappa shape index (κ3) is 3.67. The quantitative estimate of drug-likeness (QED) is 0.811. The molecular formula is C17H21NO2. The third-order valence-corrected chi connectivity index (χ3v) is 3.14. The molecule has 0 spiro atoms. The van der Waals surface area contributed by atoms with E-state index in [1.165, 1.54) is 5.56 Å². The molecule has 106 valence electrons. The highest BCUT2D eigenvalue weighted by molar-refractivity contribution is 5.50. The summed E-state index contributed by atoms with van der Waals surface area (Å²) in [6, 6.07) is 14.2. The molecule has 0 fully saturated rings. The van der Waals surface area contributed by atoms with E-state index in [9.17, 15) is 0 Å². The number of rotatable bonds is 6. The Bertz CT molecular complexity index is 567. The molecule has 0 aliphatic heterocycles. The van der Waals surface area contributed by atoms with Gasteiger partial charge in [0.2, 0.25) is 0 Å². The first-order valence-electron chi connectivity index (χ1n) is 6.77. The standard InChI is InChI=1S/C17H21NO2/c1-13-8-9-16(17(12-13)19-3)20-11-10-18-15-7-5-4-6-14(15)2/h4-9,12,18H,10-11H2,1-3H3. The van der Waals surface area contributed by atoms with E-state index in [2.05, 4.69) is 24.4 Å². The van der Waals surface area contributed by atoms with Crippen LogP contribution >= 0.6 is 0 Å². The van der Waals surface area contributed by atoms with Gasteiger partial charge in [-0.25, -0.2) is 0 Å². The maximum atomic E-state index is 5.76. The predicted octanol–water partition coefficient (Wildman–Crippen LogP) is 3.80. The van der Waals surface area contributed by atoms with E-state index in [4.69, 9.17) is 9.47 Å². The van der Waals surface area contributed by atoms with Crippen molar-refractivity contribution in [1.82, 2.24) is 0 Å².